The van der Waals surface area contributed by atoms with Gasteiger partial charge in [-0.2, -0.15) is 0 Å². The summed E-state index contributed by atoms with van der Waals surface area (Å²) in [5, 5.41) is 3.47. The van der Waals surface area contributed by atoms with Crippen LogP contribution in [0.3, 0.4) is 0 Å². The van der Waals surface area contributed by atoms with E-state index in [4.69, 9.17) is 5.73 Å². The lowest BCUT2D eigenvalue weighted by atomic mass is 9.96. The van der Waals surface area contributed by atoms with Crippen molar-refractivity contribution in [3.8, 4) is 0 Å². The number of carbonyl (C=O) groups is 1. The van der Waals surface area contributed by atoms with Gasteiger partial charge in [-0.3, -0.25) is 4.79 Å². The summed E-state index contributed by atoms with van der Waals surface area (Å²) in [5.74, 6) is -0.0309. The first-order valence-corrected chi connectivity index (χ1v) is 7.31. The molecule has 0 aromatic heterocycles. The number of benzene rings is 1. The highest BCUT2D eigenvalue weighted by molar-refractivity contribution is 8.00. The van der Waals surface area contributed by atoms with E-state index in [9.17, 15) is 4.79 Å². The van der Waals surface area contributed by atoms with E-state index in [1.165, 1.54) is 24.7 Å². The van der Waals surface area contributed by atoms with Crippen molar-refractivity contribution in [1.29, 1.82) is 0 Å². The molecule has 0 spiro atoms. The second-order valence-electron chi connectivity index (χ2n) is 4.86. The van der Waals surface area contributed by atoms with Crippen molar-refractivity contribution < 1.29 is 4.79 Å². The molecule has 1 aliphatic rings. The lowest BCUT2D eigenvalue weighted by molar-refractivity contribution is -0.114. The number of amides is 1. The first-order valence-electron chi connectivity index (χ1n) is 6.43. The summed E-state index contributed by atoms with van der Waals surface area (Å²) < 4.78 is 0. The van der Waals surface area contributed by atoms with Gasteiger partial charge in [-0.05, 0) is 49.9 Å². The third kappa shape index (κ3) is 4.03. The Labute approximate surface area is 113 Å². The Balaban J connectivity index is 1.88. The molecule has 1 amide bonds. The Morgan fingerprint density at radius 3 is 2.39 bits per heavy atom. The van der Waals surface area contributed by atoms with E-state index in [2.05, 4.69) is 17.4 Å². The lowest BCUT2D eigenvalue weighted by Gasteiger charge is -2.25. The number of nitrogens with two attached hydrogens (primary N) is 1. The number of anilines is 1. The van der Waals surface area contributed by atoms with Crippen LogP contribution in [0.1, 0.15) is 32.6 Å². The number of nitrogens with one attached hydrogen (secondary N) is 1. The molecule has 0 bridgehead atoms. The molecule has 18 heavy (non-hydrogen) atoms. The van der Waals surface area contributed by atoms with Crippen molar-refractivity contribution in [2.24, 2.45) is 5.73 Å². The molecule has 98 valence electrons. The van der Waals surface area contributed by atoms with Gasteiger partial charge in [0.15, 0.2) is 0 Å². The van der Waals surface area contributed by atoms with E-state index in [0.29, 0.717) is 11.3 Å². The minimum Gasteiger partial charge on any atom is -0.328 e. The molecule has 1 aromatic carbocycles. The van der Waals surface area contributed by atoms with Gasteiger partial charge in [0.25, 0.3) is 0 Å². The fourth-order valence-electron chi connectivity index (χ4n) is 2.22. The van der Waals surface area contributed by atoms with Gasteiger partial charge >= 0.3 is 0 Å². The van der Waals surface area contributed by atoms with Crippen LogP contribution in [0.5, 0.6) is 0 Å². The molecule has 0 saturated heterocycles. The van der Waals surface area contributed by atoms with Crippen molar-refractivity contribution >= 4 is 23.4 Å². The third-order valence-electron chi connectivity index (χ3n) is 3.20. The van der Waals surface area contributed by atoms with E-state index in [-0.39, 0.29) is 5.91 Å². The van der Waals surface area contributed by atoms with Crippen molar-refractivity contribution in [2.45, 2.75) is 48.8 Å². The second kappa shape index (κ2) is 6.25. The molecular weight excluding hydrogens is 244 g/mol. The molecule has 3 N–H and O–H groups in total. The fraction of sp³-hybridized carbons (Fsp3) is 0.500. The first kappa shape index (κ1) is 13.4. The normalized spacial score (nSPS) is 23.7. The number of rotatable bonds is 3. The summed E-state index contributed by atoms with van der Waals surface area (Å²) in [6, 6.07) is 8.47. The van der Waals surface area contributed by atoms with Gasteiger partial charge in [0.1, 0.15) is 0 Å². The fourth-order valence-corrected chi connectivity index (χ4v) is 3.40. The molecule has 0 unspecified atom stereocenters. The van der Waals surface area contributed by atoms with Gasteiger partial charge in [-0.15, -0.1) is 11.8 Å². The minimum atomic E-state index is -0.0309. The standard InChI is InChI=1S/C14H20N2OS/c1-10(17)16-12-4-8-14(9-5-12)18-13-6-2-11(15)3-7-13/h4-5,8-9,11,13H,2-3,6-7,15H2,1H3,(H,16,17). The molecule has 1 aliphatic carbocycles. The van der Waals surface area contributed by atoms with Crippen molar-refractivity contribution in [2.75, 3.05) is 5.32 Å². The van der Waals surface area contributed by atoms with E-state index in [1.807, 2.05) is 23.9 Å². The van der Waals surface area contributed by atoms with Crippen molar-refractivity contribution in [3.05, 3.63) is 24.3 Å². The van der Waals surface area contributed by atoms with E-state index in [1.54, 1.807) is 0 Å². The number of carbonyl (C=O) groups excluding carboxylic acids is 1. The second-order valence-corrected chi connectivity index (χ2v) is 6.23. The number of thioether (sulfide) groups is 1. The zero-order valence-corrected chi connectivity index (χ0v) is 11.5. The van der Waals surface area contributed by atoms with Gasteiger partial charge in [0, 0.05) is 28.8 Å². The Morgan fingerprint density at radius 1 is 1.22 bits per heavy atom. The summed E-state index contributed by atoms with van der Waals surface area (Å²) in [6.45, 7) is 1.52. The molecule has 0 radical (unpaired) electrons. The predicted octanol–water partition coefficient (Wildman–Crippen LogP) is 3.01. The molecule has 1 saturated carbocycles. The SMILES string of the molecule is CC(=O)Nc1ccc(SC2CCC(N)CC2)cc1. The Morgan fingerprint density at radius 2 is 1.83 bits per heavy atom. The molecule has 1 fully saturated rings. The molecule has 1 aromatic rings. The maximum atomic E-state index is 10.9. The van der Waals surface area contributed by atoms with Crippen LogP contribution in [0.15, 0.2) is 29.2 Å². The monoisotopic (exact) mass is 264 g/mol. The Bertz CT molecular complexity index is 397. The van der Waals surface area contributed by atoms with Gasteiger partial charge < -0.3 is 11.1 Å². The zero-order valence-electron chi connectivity index (χ0n) is 10.7. The largest absolute Gasteiger partial charge is 0.328 e. The smallest absolute Gasteiger partial charge is 0.221 e. The van der Waals surface area contributed by atoms with Gasteiger partial charge in [-0.1, -0.05) is 0 Å². The molecule has 2 rings (SSSR count). The molecular formula is C14H20N2OS. The minimum absolute atomic E-state index is 0.0309. The van der Waals surface area contributed by atoms with E-state index >= 15 is 0 Å². The zero-order chi connectivity index (χ0) is 13.0. The average molecular weight is 264 g/mol. The summed E-state index contributed by atoms with van der Waals surface area (Å²) in [7, 11) is 0. The molecule has 3 nitrogen and oxygen atoms in total. The maximum absolute atomic E-state index is 10.9. The van der Waals surface area contributed by atoms with Crippen LogP contribution in [0.2, 0.25) is 0 Å². The van der Waals surface area contributed by atoms with Crippen LogP contribution in [0, 0.1) is 0 Å². The maximum Gasteiger partial charge on any atom is 0.221 e. The van der Waals surface area contributed by atoms with Crippen LogP contribution in [-0.4, -0.2) is 17.2 Å². The summed E-state index contributed by atoms with van der Waals surface area (Å²) in [5.41, 5.74) is 6.77. The van der Waals surface area contributed by atoms with Crippen LogP contribution < -0.4 is 11.1 Å². The first-order chi connectivity index (χ1) is 8.63. The van der Waals surface area contributed by atoms with Gasteiger partial charge in [-0.25, -0.2) is 0 Å². The molecule has 4 heteroatoms. The molecule has 0 atom stereocenters. The van der Waals surface area contributed by atoms with Crippen LogP contribution in [-0.2, 0) is 4.79 Å². The van der Waals surface area contributed by atoms with Crippen molar-refractivity contribution in [3.63, 3.8) is 0 Å². The van der Waals surface area contributed by atoms with Gasteiger partial charge in [0.05, 0.1) is 0 Å². The van der Waals surface area contributed by atoms with E-state index in [0.717, 1.165) is 18.5 Å². The third-order valence-corrected chi connectivity index (χ3v) is 4.55. The molecule has 0 heterocycles. The Hall–Kier alpha value is -1.00. The highest BCUT2D eigenvalue weighted by Gasteiger charge is 2.19. The van der Waals surface area contributed by atoms with Crippen LogP contribution in [0.4, 0.5) is 5.69 Å². The number of hydrogen-bond acceptors (Lipinski definition) is 3. The summed E-state index contributed by atoms with van der Waals surface area (Å²) >= 11 is 1.93. The average Bonchev–Trinajstić information content (AvgIpc) is 2.34. The highest BCUT2D eigenvalue weighted by atomic mass is 32.2. The van der Waals surface area contributed by atoms with E-state index < -0.39 is 0 Å². The van der Waals surface area contributed by atoms with Crippen LogP contribution >= 0.6 is 11.8 Å². The van der Waals surface area contributed by atoms with Crippen LogP contribution in [0.25, 0.3) is 0 Å². The summed E-state index contributed by atoms with van der Waals surface area (Å²) in [4.78, 5) is 12.2. The Kier molecular flexibility index (Phi) is 4.66. The topological polar surface area (TPSA) is 55.1 Å². The molecule has 0 aliphatic heterocycles. The highest BCUT2D eigenvalue weighted by Crippen LogP contribution is 2.33. The lowest BCUT2D eigenvalue weighted by Crippen LogP contribution is -2.27. The van der Waals surface area contributed by atoms with Gasteiger partial charge in [0.2, 0.25) is 5.91 Å². The summed E-state index contributed by atoms with van der Waals surface area (Å²) in [6.07, 6.45) is 4.70. The number of hydrogen-bond donors (Lipinski definition) is 2. The van der Waals surface area contributed by atoms with Crippen molar-refractivity contribution in [1.82, 2.24) is 0 Å². The quantitative estimate of drug-likeness (QED) is 0.882. The predicted molar refractivity (Wildman–Crippen MR) is 76.8 cm³/mol.